The highest BCUT2D eigenvalue weighted by atomic mass is 19.2. The van der Waals surface area contributed by atoms with Crippen molar-refractivity contribution in [1.82, 2.24) is 5.32 Å². The zero-order valence-corrected chi connectivity index (χ0v) is 10.9. The van der Waals surface area contributed by atoms with Crippen molar-refractivity contribution < 1.29 is 13.2 Å². The third kappa shape index (κ3) is 4.02. The number of nitrogens with one attached hydrogen (secondary N) is 1. The number of unbranched alkanes of at least 4 members (excludes halogenated alkanes) is 1. The third-order valence-electron chi connectivity index (χ3n) is 2.90. The molecule has 0 amide bonds. The van der Waals surface area contributed by atoms with Gasteiger partial charge in [0.1, 0.15) is 0 Å². The summed E-state index contributed by atoms with van der Waals surface area (Å²) in [7, 11) is 0. The average Bonchev–Trinajstić information content (AvgIpc) is 2.35. The number of benzene rings is 1. The van der Waals surface area contributed by atoms with Crippen molar-refractivity contribution >= 4 is 0 Å². The van der Waals surface area contributed by atoms with E-state index in [2.05, 4.69) is 12.2 Å². The molecule has 0 fully saturated rings. The van der Waals surface area contributed by atoms with Crippen LogP contribution in [-0.2, 0) is 0 Å². The van der Waals surface area contributed by atoms with Gasteiger partial charge in [0.05, 0.1) is 0 Å². The molecule has 1 aromatic carbocycles. The fourth-order valence-electron chi connectivity index (χ4n) is 1.89. The lowest BCUT2D eigenvalue weighted by Crippen LogP contribution is -2.22. The maximum atomic E-state index is 13.2. The van der Waals surface area contributed by atoms with Gasteiger partial charge >= 0.3 is 0 Å². The smallest absolute Gasteiger partial charge is 0.194 e. The number of halogens is 3. The Morgan fingerprint density at radius 2 is 1.67 bits per heavy atom. The molecule has 1 nitrogen and oxygen atoms in total. The molecular formula is C14H20F3N. The van der Waals surface area contributed by atoms with Crippen LogP contribution in [0.5, 0.6) is 0 Å². The van der Waals surface area contributed by atoms with Crippen LogP contribution in [0.3, 0.4) is 0 Å². The minimum absolute atomic E-state index is 0.116. The molecule has 1 unspecified atom stereocenters. The summed E-state index contributed by atoms with van der Waals surface area (Å²) < 4.78 is 39.3. The fraction of sp³-hybridized carbons (Fsp3) is 0.571. The molecule has 0 aliphatic heterocycles. The molecule has 0 saturated carbocycles. The van der Waals surface area contributed by atoms with Gasteiger partial charge in [-0.15, -0.1) is 0 Å². The first-order valence-corrected chi connectivity index (χ1v) is 6.48. The molecule has 0 aliphatic rings. The first kappa shape index (κ1) is 15.0. The molecule has 0 spiro atoms. The predicted octanol–water partition coefficient (Wildman–Crippen LogP) is 4.33. The molecule has 0 saturated heterocycles. The normalized spacial score (nSPS) is 12.7. The summed E-state index contributed by atoms with van der Waals surface area (Å²) in [6.45, 7) is 4.85. The summed E-state index contributed by atoms with van der Waals surface area (Å²) >= 11 is 0. The highest BCUT2D eigenvalue weighted by Gasteiger charge is 2.16. The minimum Gasteiger partial charge on any atom is -0.310 e. The van der Waals surface area contributed by atoms with Gasteiger partial charge < -0.3 is 5.32 Å². The van der Waals surface area contributed by atoms with Crippen molar-refractivity contribution in [3.63, 3.8) is 0 Å². The van der Waals surface area contributed by atoms with E-state index in [1.165, 1.54) is 0 Å². The lowest BCUT2D eigenvalue weighted by Gasteiger charge is -2.19. The summed E-state index contributed by atoms with van der Waals surface area (Å²) in [6.07, 6.45) is 3.70. The molecule has 0 heterocycles. The Balaban J connectivity index is 2.89. The van der Waals surface area contributed by atoms with Crippen molar-refractivity contribution in [2.45, 2.75) is 45.6 Å². The first-order valence-electron chi connectivity index (χ1n) is 6.48. The molecule has 0 bridgehead atoms. The Kier molecular flexibility index (Phi) is 6.19. The summed E-state index contributed by atoms with van der Waals surface area (Å²) in [4.78, 5) is 0. The zero-order valence-electron chi connectivity index (χ0n) is 10.9. The van der Waals surface area contributed by atoms with Crippen molar-refractivity contribution in [2.75, 3.05) is 6.54 Å². The van der Waals surface area contributed by atoms with E-state index in [1.54, 1.807) is 0 Å². The average molecular weight is 259 g/mol. The van der Waals surface area contributed by atoms with E-state index in [1.807, 2.05) is 6.92 Å². The summed E-state index contributed by atoms with van der Waals surface area (Å²) in [5, 5.41) is 3.24. The van der Waals surface area contributed by atoms with E-state index >= 15 is 0 Å². The third-order valence-corrected chi connectivity index (χ3v) is 2.90. The topological polar surface area (TPSA) is 12.0 Å². The molecule has 18 heavy (non-hydrogen) atoms. The van der Waals surface area contributed by atoms with Crippen LogP contribution in [0.2, 0.25) is 0 Å². The van der Waals surface area contributed by atoms with Crippen molar-refractivity contribution in [3.8, 4) is 0 Å². The van der Waals surface area contributed by atoms with Crippen LogP contribution in [0, 0.1) is 17.5 Å². The Morgan fingerprint density at radius 3 is 2.17 bits per heavy atom. The fourth-order valence-corrected chi connectivity index (χ4v) is 1.89. The van der Waals surface area contributed by atoms with E-state index in [0.717, 1.165) is 44.4 Å². The number of hydrogen-bond donors (Lipinski definition) is 1. The van der Waals surface area contributed by atoms with Crippen LogP contribution < -0.4 is 5.32 Å². The van der Waals surface area contributed by atoms with Crippen molar-refractivity contribution in [1.29, 1.82) is 0 Å². The van der Waals surface area contributed by atoms with Crippen molar-refractivity contribution in [2.24, 2.45) is 0 Å². The second-order valence-electron chi connectivity index (χ2n) is 4.45. The Morgan fingerprint density at radius 1 is 1.06 bits per heavy atom. The van der Waals surface area contributed by atoms with E-state index in [4.69, 9.17) is 0 Å². The number of hydrogen-bond acceptors (Lipinski definition) is 1. The van der Waals surface area contributed by atoms with E-state index < -0.39 is 17.5 Å². The van der Waals surface area contributed by atoms with Gasteiger partial charge in [-0.3, -0.25) is 0 Å². The van der Waals surface area contributed by atoms with Crippen LogP contribution in [0.15, 0.2) is 12.1 Å². The van der Waals surface area contributed by atoms with Gasteiger partial charge in [-0.05, 0) is 37.1 Å². The molecule has 1 N–H and O–H groups in total. The molecule has 102 valence electrons. The molecule has 1 rings (SSSR count). The van der Waals surface area contributed by atoms with E-state index in [0.29, 0.717) is 5.56 Å². The van der Waals surface area contributed by atoms with Gasteiger partial charge in [0.15, 0.2) is 17.5 Å². The SMILES string of the molecule is CCCCC(NCCC)c1cc(F)c(F)c(F)c1. The van der Waals surface area contributed by atoms with Crippen molar-refractivity contribution in [3.05, 3.63) is 35.1 Å². The lowest BCUT2D eigenvalue weighted by molar-refractivity contribution is 0.432. The van der Waals surface area contributed by atoms with E-state index in [-0.39, 0.29) is 6.04 Å². The second-order valence-corrected chi connectivity index (χ2v) is 4.45. The lowest BCUT2D eigenvalue weighted by atomic mass is 10.0. The molecular weight excluding hydrogens is 239 g/mol. The zero-order chi connectivity index (χ0) is 13.5. The van der Waals surface area contributed by atoms with Crippen LogP contribution in [0.1, 0.15) is 51.1 Å². The molecule has 4 heteroatoms. The standard InChI is InChI=1S/C14H20F3N/c1-3-5-6-13(18-7-4-2)10-8-11(15)14(17)12(16)9-10/h8-9,13,18H,3-7H2,1-2H3. The predicted molar refractivity (Wildman–Crippen MR) is 66.9 cm³/mol. The summed E-state index contributed by atoms with van der Waals surface area (Å²) in [5.74, 6) is -3.64. The largest absolute Gasteiger partial charge is 0.310 e. The Bertz CT molecular complexity index is 348. The van der Waals surface area contributed by atoms with Crippen LogP contribution in [0.4, 0.5) is 13.2 Å². The Hall–Kier alpha value is -1.03. The van der Waals surface area contributed by atoms with Crippen LogP contribution in [-0.4, -0.2) is 6.54 Å². The molecule has 0 radical (unpaired) electrons. The van der Waals surface area contributed by atoms with Gasteiger partial charge in [-0.25, -0.2) is 13.2 Å². The first-order chi connectivity index (χ1) is 8.60. The molecule has 1 atom stereocenters. The van der Waals surface area contributed by atoms with Gasteiger partial charge in [-0.2, -0.15) is 0 Å². The molecule has 0 aliphatic carbocycles. The maximum Gasteiger partial charge on any atom is 0.194 e. The van der Waals surface area contributed by atoms with Gasteiger partial charge in [0.25, 0.3) is 0 Å². The highest BCUT2D eigenvalue weighted by molar-refractivity contribution is 5.22. The van der Waals surface area contributed by atoms with Gasteiger partial charge in [-0.1, -0.05) is 26.7 Å². The Labute approximate surface area is 106 Å². The van der Waals surface area contributed by atoms with Crippen LogP contribution in [0.25, 0.3) is 0 Å². The quantitative estimate of drug-likeness (QED) is 0.718. The monoisotopic (exact) mass is 259 g/mol. The number of rotatable bonds is 7. The summed E-state index contributed by atoms with van der Waals surface area (Å²) in [5.41, 5.74) is 0.480. The maximum absolute atomic E-state index is 13.2. The minimum atomic E-state index is -1.40. The van der Waals surface area contributed by atoms with Gasteiger partial charge in [0, 0.05) is 6.04 Å². The van der Waals surface area contributed by atoms with Gasteiger partial charge in [0.2, 0.25) is 0 Å². The molecule has 1 aromatic rings. The van der Waals surface area contributed by atoms with E-state index in [9.17, 15) is 13.2 Å². The van der Waals surface area contributed by atoms with Crippen LogP contribution >= 0.6 is 0 Å². The summed E-state index contributed by atoms with van der Waals surface area (Å²) in [6, 6.07) is 2.05. The highest BCUT2D eigenvalue weighted by Crippen LogP contribution is 2.23. The molecule has 0 aromatic heterocycles. The second kappa shape index (κ2) is 7.41.